The normalized spacial score (nSPS) is 11.2. The summed E-state index contributed by atoms with van der Waals surface area (Å²) >= 11 is 3.06. The second kappa shape index (κ2) is 3.05. The van der Waals surface area contributed by atoms with Crippen molar-refractivity contribution < 1.29 is 9.90 Å². The fourth-order valence-electron chi connectivity index (χ4n) is 1.75. The van der Waals surface area contributed by atoms with Crippen LogP contribution in [0.5, 0.6) is 0 Å². The van der Waals surface area contributed by atoms with E-state index in [2.05, 4.69) is 6.07 Å². The number of benzene rings is 1. The molecule has 0 bridgehead atoms. The van der Waals surface area contributed by atoms with Crippen molar-refractivity contribution in [2.24, 2.45) is 0 Å². The molecule has 0 aliphatic rings. The zero-order chi connectivity index (χ0) is 10.4. The summed E-state index contributed by atoms with van der Waals surface area (Å²) in [4.78, 5) is 11.2. The summed E-state index contributed by atoms with van der Waals surface area (Å²) in [7, 11) is 0. The van der Waals surface area contributed by atoms with Crippen LogP contribution in [0.25, 0.3) is 20.2 Å². The third kappa shape index (κ3) is 1.19. The molecule has 1 aromatic carbocycles. The Bertz CT molecular complexity index is 615. The number of thiophene rings is 2. The Morgan fingerprint density at radius 1 is 1.20 bits per heavy atom. The van der Waals surface area contributed by atoms with E-state index in [-0.39, 0.29) is 0 Å². The molecular formula is C11H6O2S2. The average molecular weight is 234 g/mol. The van der Waals surface area contributed by atoms with E-state index in [0.29, 0.717) is 5.56 Å². The van der Waals surface area contributed by atoms with Gasteiger partial charge in [-0.15, -0.1) is 22.7 Å². The van der Waals surface area contributed by atoms with Crippen LogP contribution in [0.3, 0.4) is 0 Å². The summed E-state index contributed by atoms with van der Waals surface area (Å²) in [5, 5.41) is 15.0. The van der Waals surface area contributed by atoms with Crippen molar-refractivity contribution >= 4 is 48.8 Å². The molecule has 0 unspecified atom stereocenters. The maximum atomic E-state index is 11.2. The number of carboxylic acids is 1. The van der Waals surface area contributed by atoms with Crippen molar-refractivity contribution in [3.63, 3.8) is 0 Å². The molecule has 2 heterocycles. The second-order valence-corrected chi connectivity index (χ2v) is 5.09. The minimum atomic E-state index is -0.841. The van der Waals surface area contributed by atoms with Crippen LogP contribution >= 0.6 is 22.7 Å². The number of fused-ring (bicyclic) bond motifs is 2. The van der Waals surface area contributed by atoms with Crippen LogP contribution in [-0.2, 0) is 0 Å². The summed E-state index contributed by atoms with van der Waals surface area (Å²) in [6, 6.07) is 5.90. The number of carbonyl (C=O) groups is 1. The van der Waals surface area contributed by atoms with Crippen molar-refractivity contribution in [2.75, 3.05) is 0 Å². The van der Waals surface area contributed by atoms with Gasteiger partial charge in [0.2, 0.25) is 0 Å². The van der Waals surface area contributed by atoms with E-state index in [4.69, 9.17) is 0 Å². The monoisotopic (exact) mass is 234 g/mol. The maximum absolute atomic E-state index is 11.2. The van der Waals surface area contributed by atoms with E-state index in [1.807, 2.05) is 22.9 Å². The first-order valence-corrected chi connectivity index (χ1v) is 6.14. The Hall–Kier alpha value is -1.39. The van der Waals surface area contributed by atoms with Crippen LogP contribution in [0.15, 0.2) is 29.0 Å². The summed E-state index contributed by atoms with van der Waals surface area (Å²) < 4.78 is 1.91. The third-order valence-corrected chi connectivity index (χ3v) is 4.20. The molecule has 0 radical (unpaired) electrons. The molecule has 0 fully saturated rings. The minimum Gasteiger partial charge on any atom is -0.478 e. The number of rotatable bonds is 1. The number of aromatic carboxylic acids is 1. The van der Waals surface area contributed by atoms with Crippen LogP contribution in [-0.4, -0.2) is 11.1 Å². The van der Waals surface area contributed by atoms with Crippen LogP contribution in [0.1, 0.15) is 10.4 Å². The lowest BCUT2D eigenvalue weighted by molar-refractivity contribution is 0.0701. The first-order chi connectivity index (χ1) is 7.27. The molecule has 0 atom stereocenters. The zero-order valence-corrected chi connectivity index (χ0v) is 9.19. The highest BCUT2D eigenvalue weighted by molar-refractivity contribution is 7.19. The summed E-state index contributed by atoms with van der Waals surface area (Å²) in [6.07, 6.45) is 0. The van der Waals surface area contributed by atoms with E-state index in [1.54, 1.807) is 11.3 Å². The fraction of sp³-hybridized carbons (Fsp3) is 0. The molecule has 3 aromatic rings. The minimum absolute atomic E-state index is 0.443. The Morgan fingerprint density at radius 3 is 2.80 bits per heavy atom. The van der Waals surface area contributed by atoms with Gasteiger partial charge in [0.05, 0.1) is 5.56 Å². The molecule has 2 aromatic heterocycles. The highest BCUT2D eigenvalue weighted by atomic mass is 32.1. The SMILES string of the molecule is O=C(O)c1c2ccsc2cc2ccsc12. The quantitative estimate of drug-likeness (QED) is 0.695. The van der Waals surface area contributed by atoms with Crippen LogP contribution < -0.4 is 0 Å². The Kier molecular flexibility index (Phi) is 1.81. The standard InChI is InChI=1S/C11H6O2S2/c12-11(13)9-7-2-4-14-8(7)5-6-1-3-15-10(6)9/h1-5H,(H,12,13). The van der Waals surface area contributed by atoms with E-state index in [9.17, 15) is 9.90 Å². The molecular weight excluding hydrogens is 228 g/mol. The largest absolute Gasteiger partial charge is 0.478 e. The molecule has 0 aliphatic heterocycles. The van der Waals surface area contributed by atoms with E-state index < -0.39 is 5.97 Å². The Balaban J connectivity index is 2.62. The van der Waals surface area contributed by atoms with Crippen molar-refractivity contribution in [1.29, 1.82) is 0 Å². The second-order valence-electron chi connectivity index (χ2n) is 3.23. The molecule has 0 spiro atoms. The van der Waals surface area contributed by atoms with Gasteiger partial charge in [0.15, 0.2) is 0 Å². The van der Waals surface area contributed by atoms with Gasteiger partial charge in [-0.05, 0) is 34.3 Å². The molecule has 4 heteroatoms. The topological polar surface area (TPSA) is 37.3 Å². The molecule has 2 nitrogen and oxygen atoms in total. The highest BCUT2D eigenvalue weighted by Gasteiger charge is 2.15. The van der Waals surface area contributed by atoms with Crippen molar-refractivity contribution in [3.8, 4) is 0 Å². The van der Waals surface area contributed by atoms with Gasteiger partial charge in [-0.2, -0.15) is 0 Å². The smallest absolute Gasteiger partial charge is 0.337 e. The third-order valence-electron chi connectivity index (χ3n) is 2.39. The molecule has 15 heavy (non-hydrogen) atoms. The lowest BCUT2D eigenvalue weighted by Gasteiger charge is -1.99. The molecule has 3 rings (SSSR count). The van der Waals surface area contributed by atoms with Crippen LogP contribution in [0, 0.1) is 0 Å². The van der Waals surface area contributed by atoms with Crippen molar-refractivity contribution in [2.45, 2.75) is 0 Å². The zero-order valence-electron chi connectivity index (χ0n) is 7.56. The van der Waals surface area contributed by atoms with Gasteiger partial charge < -0.3 is 5.11 Å². The molecule has 0 saturated heterocycles. The maximum Gasteiger partial charge on any atom is 0.337 e. The van der Waals surface area contributed by atoms with Crippen molar-refractivity contribution in [1.82, 2.24) is 0 Å². The first-order valence-electron chi connectivity index (χ1n) is 4.38. The Morgan fingerprint density at radius 2 is 2.00 bits per heavy atom. The first kappa shape index (κ1) is 8.88. The van der Waals surface area contributed by atoms with Crippen LogP contribution in [0.4, 0.5) is 0 Å². The summed E-state index contributed by atoms with van der Waals surface area (Å²) in [5.74, 6) is -0.841. The molecule has 0 amide bonds. The predicted molar refractivity (Wildman–Crippen MR) is 64.2 cm³/mol. The molecule has 0 aliphatic carbocycles. The van der Waals surface area contributed by atoms with E-state index in [0.717, 1.165) is 20.2 Å². The van der Waals surface area contributed by atoms with Crippen LogP contribution in [0.2, 0.25) is 0 Å². The number of hydrogen-bond acceptors (Lipinski definition) is 3. The fourth-order valence-corrected chi connectivity index (χ4v) is 3.52. The average Bonchev–Trinajstić information content (AvgIpc) is 2.79. The molecule has 0 saturated carbocycles. The van der Waals surface area contributed by atoms with Gasteiger partial charge in [-0.1, -0.05) is 0 Å². The molecule has 74 valence electrons. The summed E-state index contributed by atoms with van der Waals surface area (Å²) in [6.45, 7) is 0. The lowest BCUT2D eigenvalue weighted by Crippen LogP contribution is -1.96. The van der Waals surface area contributed by atoms with Gasteiger partial charge in [-0.3, -0.25) is 0 Å². The van der Waals surface area contributed by atoms with Gasteiger partial charge in [0, 0.05) is 14.8 Å². The van der Waals surface area contributed by atoms with Gasteiger partial charge >= 0.3 is 5.97 Å². The highest BCUT2D eigenvalue weighted by Crippen LogP contribution is 2.34. The van der Waals surface area contributed by atoms with Gasteiger partial charge in [0.25, 0.3) is 0 Å². The Labute approximate surface area is 93.4 Å². The van der Waals surface area contributed by atoms with E-state index >= 15 is 0 Å². The van der Waals surface area contributed by atoms with Gasteiger partial charge in [-0.25, -0.2) is 4.79 Å². The van der Waals surface area contributed by atoms with E-state index in [1.165, 1.54) is 11.3 Å². The van der Waals surface area contributed by atoms with Crippen molar-refractivity contribution in [3.05, 3.63) is 34.5 Å². The molecule has 1 N–H and O–H groups in total. The summed E-state index contributed by atoms with van der Waals surface area (Å²) in [5.41, 5.74) is 0.443. The number of hydrogen-bond donors (Lipinski definition) is 1. The number of carboxylic acid groups (broad SMARTS) is 1. The predicted octanol–water partition coefficient (Wildman–Crippen LogP) is 3.81. The lowest BCUT2D eigenvalue weighted by atomic mass is 10.1. The van der Waals surface area contributed by atoms with Gasteiger partial charge in [0.1, 0.15) is 0 Å².